The minimum Gasteiger partial charge on any atom is -0.395 e. The van der Waals surface area contributed by atoms with Gasteiger partial charge in [0.05, 0.1) is 5.69 Å². The highest BCUT2D eigenvalue weighted by atomic mass is 32.2. The first-order valence-electron chi connectivity index (χ1n) is 4.57. The molecule has 0 unspecified atom stereocenters. The van der Waals surface area contributed by atoms with Crippen LogP contribution < -0.4 is 10.5 Å². The third-order valence-electron chi connectivity index (χ3n) is 2.20. The molecule has 1 aromatic carbocycles. The molecule has 0 aliphatic heterocycles. The molecule has 0 radical (unpaired) electrons. The van der Waals surface area contributed by atoms with E-state index in [1.165, 1.54) is 12.1 Å². The largest absolute Gasteiger partial charge is 0.395 e. The lowest BCUT2D eigenvalue weighted by atomic mass is 10.3. The van der Waals surface area contributed by atoms with E-state index in [1.807, 2.05) is 0 Å². The van der Waals surface area contributed by atoms with Gasteiger partial charge in [0.2, 0.25) is 10.0 Å². The Bertz CT molecular complexity index is 483. The number of hydrogen-bond acceptors (Lipinski definition) is 3. The lowest BCUT2D eigenvalue weighted by Gasteiger charge is -2.08. The Morgan fingerprint density at radius 3 is 2.67 bits per heavy atom. The summed E-state index contributed by atoms with van der Waals surface area (Å²) in [6.45, 7) is 0. The molecule has 1 saturated carbocycles. The van der Waals surface area contributed by atoms with Crippen molar-refractivity contribution >= 4 is 15.7 Å². The molecule has 1 aliphatic carbocycles. The number of benzene rings is 1. The maximum absolute atomic E-state index is 13.0. The lowest BCUT2D eigenvalue weighted by Crippen LogP contribution is -2.26. The molecule has 2 rings (SSSR count). The first kappa shape index (κ1) is 10.4. The maximum Gasteiger partial charge on any atom is 0.242 e. The summed E-state index contributed by atoms with van der Waals surface area (Å²) in [4.78, 5) is -0.186. The smallest absolute Gasteiger partial charge is 0.242 e. The van der Waals surface area contributed by atoms with Crippen LogP contribution in [0.15, 0.2) is 23.1 Å². The number of rotatable bonds is 3. The van der Waals surface area contributed by atoms with Crippen molar-refractivity contribution in [2.45, 2.75) is 23.8 Å². The Hall–Kier alpha value is -1.14. The first-order chi connectivity index (χ1) is 7.00. The molecule has 82 valence electrons. The summed E-state index contributed by atoms with van der Waals surface area (Å²) in [5.74, 6) is -0.714. The molecule has 0 heterocycles. The average molecular weight is 230 g/mol. The molecule has 0 atom stereocenters. The van der Waals surface area contributed by atoms with E-state index in [1.54, 1.807) is 0 Å². The van der Waals surface area contributed by atoms with Gasteiger partial charge in [-0.1, -0.05) is 6.07 Å². The number of hydrogen-bond donors (Lipinski definition) is 2. The topological polar surface area (TPSA) is 72.2 Å². The van der Waals surface area contributed by atoms with E-state index in [4.69, 9.17) is 5.73 Å². The molecule has 0 saturated heterocycles. The quantitative estimate of drug-likeness (QED) is 0.756. The highest BCUT2D eigenvalue weighted by Crippen LogP contribution is 2.25. The molecule has 0 spiro atoms. The van der Waals surface area contributed by atoms with E-state index in [0.717, 1.165) is 18.9 Å². The summed E-state index contributed by atoms with van der Waals surface area (Å²) in [7, 11) is -3.67. The molecule has 0 amide bonds. The van der Waals surface area contributed by atoms with Gasteiger partial charge >= 0.3 is 0 Å². The molecule has 15 heavy (non-hydrogen) atoms. The maximum atomic E-state index is 13.0. The van der Waals surface area contributed by atoms with E-state index in [-0.39, 0.29) is 16.6 Å². The van der Waals surface area contributed by atoms with Crippen molar-refractivity contribution in [3.63, 3.8) is 0 Å². The van der Waals surface area contributed by atoms with Crippen LogP contribution in [0.25, 0.3) is 0 Å². The van der Waals surface area contributed by atoms with E-state index >= 15 is 0 Å². The predicted molar refractivity (Wildman–Crippen MR) is 54.2 cm³/mol. The molecule has 0 bridgehead atoms. The number of para-hydroxylation sites is 1. The summed E-state index contributed by atoms with van der Waals surface area (Å²) in [6, 6.07) is 3.74. The van der Waals surface area contributed by atoms with Crippen LogP contribution in [-0.2, 0) is 10.0 Å². The van der Waals surface area contributed by atoms with E-state index in [2.05, 4.69) is 4.72 Å². The van der Waals surface area contributed by atoms with Crippen molar-refractivity contribution in [2.24, 2.45) is 0 Å². The number of anilines is 1. The summed E-state index contributed by atoms with van der Waals surface area (Å²) < 4.78 is 38.9. The fourth-order valence-corrected chi connectivity index (χ4v) is 2.68. The van der Waals surface area contributed by atoms with Gasteiger partial charge in [-0.25, -0.2) is 17.5 Å². The van der Waals surface area contributed by atoms with Gasteiger partial charge in [-0.15, -0.1) is 0 Å². The normalized spacial score (nSPS) is 16.6. The molecule has 1 fully saturated rings. The van der Waals surface area contributed by atoms with Crippen molar-refractivity contribution < 1.29 is 12.8 Å². The minimum absolute atomic E-state index is 0.0160. The Labute approximate surface area is 87.3 Å². The average Bonchev–Trinajstić information content (AvgIpc) is 2.92. The zero-order valence-corrected chi connectivity index (χ0v) is 8.72. The number of nitrogens with one attached hydrogen (secondary N) is 1. The van der Waals surface area contributed by atoms with E-state index in [0.29, 0.717) is 0 Å². The summed E-state index contributed by atoms with van der Waals surface area (Å²) >= 11 is 0. The van der Waals surface area contributed by atoms with Gasteiger partial charge in [-0.2, -0.15) is 0 Å². The monoisotopic (exact) mass is 230 g/mol. The lowest BCUT2D eigenvalue weighted by molar-refractivity contribution is 0.578. The van der Waals surface area contributed by atoms with Gasteiger partial charge in [0.15, 0.2) is 0 Å². The molecule has 6 heteroatoms. The second-order valence-corrected chi connectivity index (χ2v) is 5.23. The minimum atomic E-state index is -3.67. The van der Waals surface area contributed by atoms with Crippen LogP contribution in [0.5, 0.6) is 0 Å². The van der Waals surface area contributed by atoms with Crippen molar-refractivity contribution in [1.82, 2.24) is 4.72 Å². The third-order valence-corrected chi connectivity index (χ3v) is 3.78. The summed E-state index contributed by atoms with van der Waals surface area (Å²) in [6.07, 6.45) is 1.66. The predicted octanol–water partition coefficient (Wildman–Crippen LogP) is 0.849. The van der Waals surface area contributed by atoms with Crippen LogP contribution >= 0.6 is 0 Å². The Morgan fingerprint density at radius 1 is 1.40 bits per heavy atom. The van der Waals surface area contributed by atoms with Gasteiger partial charge in [0, 0.05) is 6.04 Å². The number of nitrogen functional groups attached to an aromatic ring is 1. The highest BCUT2D eigenvalue weighted by Gasteiger charge is 2.29. The molecule has 1 aliphatic rings. The Balaban J connectivity index is 2.39. The first-order valence-corrected chi connectivity index (χ1v) is 6.05. The van der Waals surface area contributed by atoms with Crippen molar-refractivity contribution in [1.29, 1.82) is 0 Å². The number of sulfonamides is 1. The van der Waals surface area contributed by atoms with Crippen LogP contribution in [0.4, 0.5) is 10.1 Å². The second kappa shape index (κ2) is 3.46. The van der Waals surface area contributed by atoms with Crippen LogP contribution in [0.1, 0.15) is 12.8 Å². The van der Waals surface area contributed by atoms with Gasteiger partial charge in [-0.05, 0) is 25.0 Å². The standard InChI is InChI=1S/C9H11FN2O2S/c10-7-2-1-3-8(9(7)11)15(13,14)12-6-4-5-6/h1-3,6,12H,4-5,11H2. The molecule has 4 nitrogen and oxygen atoms in total. The highest BCUT2D eigenvalue weighted by molar-refractivity contribution is 7.89. The summed E-state index contributed by atoms with van der Waals surface area (Å²) in [5, 5.41) is 0. The zero-order valence-electron chi connectivity index (χ0n) is 7.90. The van der Waals surface area contributed by atoms with E-state index < -0.39 is 15.8 Å². The summed E-state index contributed by atoms with van der Waals surface area (Å²) in [5.41, 5.74) is 5.04. The van der Waals surface area contributed by atoms with Crippen molar-refractivity contribution in [3.8, 4) is 0 Å². The molecular weight excluding hydrogens is 219 g/mol. The Morgan fingerprint density at radius 2 is 2.07 bits per heavy atom. The van der Waals surface area contributed by atoms with Crippen molar-refractivity contribution in [2.75, 3.05) is 5.73 Å². The van der Waals surface area contributed by atoms with Gasteiger partial charge in [0.1, 0.15) is 10.7 Å². The fourth-order valence-electron chi connectivity index (χ4n) is 1.24. The molecular formula is C9H11FN2O2S. The van der Waals surface area contributed by atoms with Gasteiger partial charge in [-0.3, -0.25) is 0 Å². The SMILES string of the molecule is Nc1c(F)cccc1S(=O)(=O)NC1CC1. The Kier molecular flexibility index (Phi) is 2.40. The number of nitrogens with two attached hydrogens (primary N) is 1. The zero-order chi connectivity index (χ0) is 11.1. The van der Waals surface area contributed by atoms with Gasteiger partial charge < -0.3 is 5.73 Å². The molecule has 1 aromatic rings. The van der Waals surface area contributed by atoms with Crippen molar-refractivity contribution in [3.05, 3.63) is 24.0 Å². The fraction of sp³-hybridized carbons (Fsp3) is 0.333. The van der Waals surface area contributed by atoms with Gasteiger partial charge in [0.25, 0.3) is 0 Å². The van der Waals surface area contributed by atoms with Crippen LogP contribution in [0, 0.1) is 5.82 Å². The number of halogens is 1. The van der Waals surface area contributed by atoms with Crippen LogP contribution in [0.3, 0.4) is 0 Å². The third kappa shape index (κ3) is 2.10. The van der Waals surface area contributed by atoms with Crippen LogP contribution in [-0.4, -0.2) is 14.5 Å². The van der Waals surface area contributed by atoms with E-state index in [9.17, 15) is 12.8 Å². The van der Waals surface area contributed by atoms with Crippen LogP contribution in [0.2, 0.25) is 0 Å². The molecule has 0 aromatic heterocycles. The second-order valence-electron chi connectivity index (χ2n) is 3.55. The molecule has 3 N–H and O–H groups in total.